The van der Waals surface area contributed by atoms with Crippen LogP contribution in [-0.2, 0) is 10.0 Å². The molecule has 0 unspecified atom stereocenters. The molecular formula is C13H9FN2O2S. The molecule has 0 spiro atoms. The smallest absolute Gasteiger partial charge is 0.285 e. The van der Waals surface area contributed by atoms with Crippen LogP contribution in [0.2, 0.25) is 0 Å². The topological polar surface area (TPSA) is 58.5 Å². The molecule has 0 radical (unpaired) electrons. The standard InChI is InChI=1S/C13H9FN2O2S/c14-9-5-7-10(8-6-9)15-13-11-3-1-2-4-12(11)19(17,18)16-13/h1-8H,(H,15,16). The molecule has 0 amide bonds. The summed E-state index contributed by atoms with van der Waals surface area (Å²) in [5, 5.41) is 2.88. The molecule has 0 saturated carbocycles. The third-order valence-electron chi connectivity index (χ3n) is 2.74. The summed E-state index contributed by atoms with van der Waals surface area (Å²) in [6, 6.07) is 12.2. The van der Waals surface area contributed by atoms with Gasteiger partial charge in [0.05, 0.1) is 0 Å². The van der Waals surface area contributed by atoms with E-state index in [1.165, 1.54) is 30.3 Å². The number of nitrogens with zero attached hydrogens (tertiary/aromatic N) is 1. The summed E-state index contributed by atoms with van der Waals surface area (Å²) >= 11 is 0. The minimum absolute atomic E-state index is 0.180. The number of hydrogen-bond donors (Lipinski definition) is 1. The average Bonchev–Trinajstić information content (AvgIpc) is 2.65. The number of fused-ring (bicyclic) bond motifs is 1. The molecule has 6 heteroatoms. The fourth-order valence-electron chi connectivity index (χ4n) is 1.87. The van der Waals surface area contributed by atoms with Gasteiger partial charge in [-0.25, -0.2) is 4.39 Å². The maximum atomic E-state index is 12.8. The van der Waals surface area contributed by atoms with Gasteiger partial charge < -0.3 is 5.32 Å². The Labute approximate surface area is 109 Å². The molecule has 96 valence electrons. The van der Waals surface area contributed by atoms with Crippen LogP contribution in [-0.4, -0.2) is 14.3 Å². The van der Waals surface area contributed by atoms with E-state index in [2.05, 4.69) is 9.71 Å². The second-order valence-corrected chi connectivity index (χ2v) is 5.62. The van der Waals surface area contributed by atoms with E-state index in [-0.39, 0.29) is 16.5 Å². The molecule has 2 aromatic rings. The molecule has 0 fully saturated rings. The number of halogens is 1. The fourth-order valence-corrected chi connectivity index (χ4v) is 3.04. The first kappa shape index (κ1) is 11.9. The van der Waals surface area contributed by atoms with E-state index in [0.29, 0.717) is 11.3 Å². The number of amidine groups is 1. The van der Waals surface area contributed by atoms with Crippen molar-refractivity contribution in [3.8, 4) is 0 Å². The number of nitrogens with one attached hydrogen (secondary N) is 1. The van der Waals surface area contributed by atoms with Crippen LogP contribution in [0.4, 0.5) is 10.1 Å². The lowest BCUT2D eigenvalue weighted by atomic mass is 10.2. The van der Waals surface area contributed by atoms with Gasteiger partial charge in [0.15, 0.2) is 5.84 Å². The molecule has 2 aromatic carbocycles. The first-order valence-electron chi connectivity index (χ1n) is 5.53. The Bertz CT molecular complexity index is 767. The SMILES string of the molecule is O=S1(=O)N=C(Nc2ccc(F)cc2)c2ccccc21. The summed E-state index contributed by atoms with van der Waals surface area (Å²) in [5.41, 5.74) is 1.10. The predicted octanol–water partition coefficient (Wildman–Crippen LogP) is 2.39. The molecule has 0 atom stereocenters. The highest BCUT2D eigenvalue weighted by molar-refractivity contribution is 7.90. The Kier molecular flexibility index (Phi) is 2.60. The van der Waals surface area contributed by atoms with Crippen LogP contribution in [0, 0.1) is 5.82 Å². The largest absolute Gasteiger partial charge is 0.339 e. The maximum absolute atomic E-state index is 12.8. The van der Waals surface area contributed by atoms with Crippen LogP contribution in [0.5, 0.6) is 0 Å². The van der Waals surface area contributed by atoms with E-state index < -0.39 is 10.0 Å². The van der Waals surface area contributed by atoms with Gasteiger partial charge in [-0.3, -0.25) is 0 Å². The lowest BCUT2D eigenvalue weighted by Gasteiger charge is -2.05. The van der Waals surface area contributed by atoms with Crippen LogP contribution in [0.15, 0.2) is 57.8 Å². The molecule has 3 rings (SSSR count). The Balaban J connectivity index is 2.01. The quantitative estimate of drug-likeness (QED) is 0.870. The first-order valence-corrected chi connectivity index (χ1v) is 6.97. The molecule has 0 bridgehead atoms. The van der Waals surface area contributed by atoms with Gasteiger partial charge in [-0.1, -0.05) is 12.1 Å². The number of sulfonamides is 1. The van der Waals surface area contributed by atoms with Crippen LogP contribution < -0.4 is 5.32 Å². The highest BCUT2D eigenvalue weighted by Gasteiger charge is 2.28. The lowest BCUT2D eigenvalue weighted by Crippen LogP contribution is -2.11. The van der Waals surface area contributed by atoms with Crippen LogP contribution in [0.3, 0.4) is 0 Å². The van der Waals surface area contributed by atoms with Crippen molar-refractivity contribution in [1.82, 2.24) is 0 Å². The summed E-state index contributed by atoms with van der Waals surface area (Å²) in [5.74, 6) is -0.103. The van der Waals surface area contributed by atoms with Crippen molar-refractivity contribution < 1.29 is 12.8 Å². The zero-order valence-corrected chi connectivity index (χ0v) is 10.5. The molecule has 0 saturated heterocycles. The van der Waals surface area contributed by atoms with Gasteiger partial charge in [0.1, 0.15) is 10.7 Å². The van der Waals surface area contributed by atoms with Crippen molar-refractivity contribution in [2.75, 3.05) is 5.32 Å². The van der Waals surface area contributed by atoms with Crippen molar-refractivity contribution >= 4 is 21.5 Å². The van der Waals surface area contributed by atoms with Gasteiger partial charge >= 0.3 is 0 Å². The van der Waals surface area contributed by atoms with E-state index >= 15 is 0 Å². The molecule has 0 aromatic heterocycles. The molecule has 1 aliphatic heterocycles. The van der Waals surface area contributed by atoms with Gasteiger partial charge in [-0.05, 0) is 36.4 Å². The zero-order valence-electron chi connectivity index (χ0n) is 9.67. The van der Waals surface area contributed by atoms with E-state index in [1.54, 1.807) is 18.2 Å². The Hall–Kier alpha value is -2.21. The third-order valence-corrected chi connectivity index (χ3v) is 4.07. The highest BCUT2D eigenvalue weighted by atomic mass is 32.2. The van der Waals surface area contributed by atoms with Gasteiger partial charge in [0, 0.05) is 11.3 Å². The predicted molar refractivity (Wildman–Crippen MR) is 70.2 cm³/mol. The zero-order chi connectivity index (χ0) is 13.5. The van der Waals surface area contributed by atoms with Crippen molar-refractivity contribution in [2.24, 2.45) is 4.40 Å². The van der Waals surface area contributed by atoms with E-state index in [0.717, 1.165) is 0 Å². The van der Waals surface area contributed by atoms with Crippen LogP contribution >= 0.6 is 0 Å². The highest BCUT2D eigenvalue weighted by Crippen LogP contribution is 2.26. The van der Waals surface area contributed by atoms with Crippen LogP contribution in [0.25, 0.3) is 0 Å². The molecule has 1 N–H and O–H groups in total. The lowest BCUT2D eigenvalue weighted by molar-refractivity contribution is 0.599. The van der Waals surface area contributed by atoms with Gasteiger partial charge in [0.2, 0.25) is 0 Å². The number of benzene rings is 2. The normalized spacial score (nSPS) is 15.7. The van der Waals surface area contributed by atoms with Gasteiger partial charge in [0.25, 0.3) is 10.0 Å². The van der Waals surface area contributed by atoms with E-state index in [1.807, 2.05) is 0 Å². The number of anilines is 1. The second kappa shape index (κ2) is 4.17. The number of rotatable bonds is 1. The van der Waals surface area contributed by atoms with E-state index in [9.17, 15) is 12.8 Å². The molecule has 1 aliphatic rings. The molecule has 4 nitrogen and oxygen atoms in total. The minimum atomic E-state index is -3.63. The van der Waals surface area contributed by atoms with Crippen LogP contribution in [0.1, 0.15) is 5.56 Å². The second-order valence-electron chi connectivity index (χ2n) is 4.04. The Morgan fingerprint density at radius 1 is 1.00 bits per heavy atom. The third kappa shape index (κ3) is 2.10. The molecule has 0 aliphatic carbocycles. The number of hydrogen-bond acceptors (Lipinski definition) is 3. The monoisotopic (exact) mass is 276 g/mol. The van der Waals surface area contributed by atoms with Crippen molar-refractivity contribution in [3.63, 3.8) is 0 Å². The molecular weight excluding hydrogens is 267 g/mol. The Morgan fingerprint density at radius 3 is 2.42 bits per heavy atom. The summed E-state index contributed by atoms with van der Waals surface area (Å²) in [7, 11) is -3.63. The average molecular weight is 276 g/mol. The van der Waals surface area contributed by atoms with Gasteiger partial charge in [-0.2, -0.15) is 8.42 Å². The molecule has 19 heavy (non-hydrogen) atoms. The van der Waals surface area contributed by atoms with Crippen molar-refractivity contribution in [3.05, 3.63) is 59.9 Å². The Morgan fingerprint density at radius 2 is 1.68 bits per heavy atom. The maximum Gasteiger partial charge on any atom is 0.285 e. The van der Waals surface area contributed by atoms with Crippen molar-refractivity contribution in [1.29, 1.82) is 0 Å². The summed E-state index contributed by atoms with van der Waals surface area (Å²) < 4.78 is 40.1. The molecule has 1 heterocycles. The van der Waals surface area contributed by atoms with Gasteiger partial charge in [-0.15, -0.1) is 4.40 Å². The minimum Gasteiger partial charge on any atom is -0.339 e. The summed E-state index contributed by atoms with van der Waals surface area (Å²) in [6.45, 7) is 0. The summed E-state index contributed by atoms with van der Waals surface area (Å²) in [6.07, 6.45) is 0. The van der Waals surface area contributed by atoms with Crippen molar-refractivity contribution in [2.45, 2.75) is 4.90 Å². The summed E-state index contributed by atoms with van der Waals surface area (Å²) in [4.78, 5) is 0.180. The van der Waals surface area contributed by atoms with E-state index in [4.69, 9.17) is 0 Å². The fraction of sp³-hybridized carbons (Fsp3) is 0. The first-order chi connectivity index (χ1) is 9.06.